The molecular formula is C16H23NO3. The lowest BCUT2D eigenvalue weighted by Gasteiger charge is -2.22. The first kappa shape index (κ1) is 13.6. The number of likely N-dealkylation sites (tertiary alicyclic amines) is 1. The molecular weight excluding hydrogens is 254 g/mol. The van der Waals surface area contributed by atoms with Gasteiger partial charge < -0.3 is 19.1 Å². The summed E-state index contributed by atoms with van der Waals surface area (Å²) in [5.41, 5.74) is 1.27. The zero-order chi connectivity index (χ0) is 14.1. The molecule has 2 aliphatic rings. The maximum absolute atomic E-state index is 5.84. The lowest BCUT2D eigenvalue weighted by atomic mass is 9.92. The summed E-state index contributed by atoms with van der Waals surface area (Å²) in [6.45, 7) is 1.99. The molecule has 20 heavy (non-hydrogen) atoms. The highest BCUT2D eigenvalue weighted by Crippen LogP contribution is 2.44. The summed E-state index contributed by atoms with van der Waals surface area (Å²) in [4.78, 5) is 2.47. The van der Waals surface area contributed by atoms with E-state index in [0.717, 1.165) is 23.9 Å². The lowest BCUT2D eigenvalue weighted by molar-refractivity contribution is 0.256. The Morgan fingerprint density at radius 1 is 1.25 bits per heavy atom. The van der Waals surface area contributed by atoms with E-state index < -0.39 is 0 Å². The van der Waals surface area contributed by atoms with E-state index in [1.807, 2.05) is 6.07 Å². The van der Waals surface area contributed by atoms with Crippen LogP contribution in [-0.2, 0) is 0 Å². The van der Waals surface area contributed by atoms with Gasteiger partial charge in [0.2, 0.25) is 0 Å². The van der Waals surface area contributed by atoms with Crippen molar-refractivity contribution in [3.63, 3.8) is 0 Å². The van der Waals surface area contributed by atoms with E-state index in [9.17, 15) is 0 Å². The lowest BCUT2D eigenvalue weighted by Crippen LogP contribution is -2.27. The van der Waals surface area contributed by atoms with Crippen LogP contribution >= 0.6 is 0 Å². The fraction of sp³-hybridized carbons (Fsp3) is 0.625. The third kappa shape index (κ3) is 2.33. The molecule has 1 saturated heterocycles. The van der Waals surface area contributed by atoms with Crippen molar-refractivity contribution in [2.75, 3.05) is 34.4 Å². The van der Waals surface area contributed by atoms with Gasteiger partial charge in [-0.15, -0.1) is 0 Å². The molecule has 0 amide bonds. The number of rotatable bonds is 4. The van der Waals surface area contributed by atoms with E-state index in [-0.39, 0.29) is 0 Å². The van der Waals surface area contributed by atoms with Gasteiger partial charge in [-0.05, 0) is 38.9 Å². The molecule has 0 aliphatic carbocycles. The second-order valence-corrected chi connectivity index (χ2v) is 5.77. The van der Waals surface area contributed by atoms with Crippen molar-refractivity contribution in [2.24, 2.45) is 0 Å². The summed E-state index contributed by atoms with van der Waals surface area (Å²) in [6, 6.07) is 4.72. The van der Waals surface area contributed by atoms with E-state index in [2.05, 4.69) is 18.0 Å². The van der Waals surface area contributed by atoms with Gasteiger partial charge in [-0.2, -0.15) is 0 Å². The number of nitrogens with zero attached hydrogens (tertiary/aromatic N) is 1. The van der Waals surface area contributed by atoms with Crippen LogP contribution in [0.1, 0.15) is 30.7 Å². The van der Waals surface area contributed by atoms with E-state index in [0.29, 0.717) is 12.0 Å². The first-order valence-electron chi connectivity index (χ1n) is 7.32. The molecule has 1 aromatic carbocycles. The summed E-state index contributed by atoms with van der Waals surface area (Å²) in [5, 5.41) is 0. The Kier molecular flexibility index (Phi) is 3.74. The van der Waals surface area contributed by atoms with E-state index in [4.69, 9.17) is 14.2 Å². The number of methoxy groups -OCH3 is 2. The molecule has 2 atom stereocenters. The van der Waals surface area contributed by atoms with Gasteiger partial charge in [-0.25, -0.2) is 0 Å². The molecule has 0 spiro atoms. The zero-order valence-corrected chi connectivity index (χ0v) is 12.5. The maximum atomic E-state index is 5.84. The smallest absolute Gasteiger partial charge is 0.164 e. The maximum Gasteiger partial charge on any atom is 0.164 e. The summed E-state index contributed by atoms with van der Waals surface area (Å²) >= 11 is 0. The van der Waals surface area contributed by atoms with Crippen LogP contribution in [0.15, 0.2) is 12.1 Å². The molecule has 1 aromatic rings. The van der Waals surface area contributed by atoms with Crippen molar-refractivity contribution in [3.8, 4) is 17.2 Å². The highest BCUT2D eigenvalue weighted by atomic mass is 16.5. The van der Waals surface area contributed by atoms with E-state index in [1.54, 1.807) is 14.2 Å². The topological polar surface area (TPSA) is 30.9 Å². The molecule has 4 heteroatoms. The van der Waals surface area contributed by atoms with Crippen LogP contribution < -0.4 is 14.2 Å². The predicted octanol–water partition coefficient (Wildman–Crippen LogP) is 2.66. The number of benzene rings is 1. The highest BCUT2D eigenvalue weighted by molar-refractivity contribution is 5.53. The zero-order valence-electron chi connectivity index (χ0n) is 12.5. The number of hydrogen-bond acceptors (Lipinski definition) is 4. The molecule has 0 aromatic heterocycles. The van der Waals surface area contributed by atoms with Gasteiger partial charge in [-0.1, -0.05) is 0 Å². The van der Waals surface area contributed by atoms with Crippen molar-refractivity contribution in [1.82, 2.24) is 4.90 Å². The first-order valence-corrected chi connectivity index (χ1v) is 7.32. The Bertz CT molecular complexity index is 489. The van der Waals surface area contributed by atoms with Crippen molar-refractivity contribution in [2.45, 2.75) is 31.2 Å². The second-order valence-electron chi connectivity index (χ2n) is 5.77. The average molecular weight is 277 g/mol. The molecule has 1 unspecified atom stereocenters. The Labute approximate surface area is 120 Å². The molecule has 0 saturated carbocycles. The Morgan fingerprint density at radius 3 is 2.65 bits per heavy atom. The molecule has 0 radical (unpaired) electrons. The van der Waals surface area contributed by atoms with Crippen LogP contribution in [-0.4, -0.2) is 45.4 Å². The SMILES string of the molecule is COc1cc2c(cc1OC)C(C[C@H]1CCCN1C)CO2. The van der Waals surface area contributed by atoms with Crippen molar-refractivity contribution < 1.29 is 14.2 Å². The summed E-state index contributed by atoms with van der Waals surface area (Å²) in [6.07, 6.45) is 3.78. The van der Waals surface area contributed by atoms with Crippen LogP contribution in [0.2, 0.25) is 0 Å². The van der Waals surface area contributed by atoms with Gasteiger partial charge in [0.1, 0.15) is 5.75 Å². The minimum absolute atomic E-state index is 0.468. The molecule has 4 nitrogen and oxygen atoms in total. The van der Waals surface area contributed by atoms with Crippen LogP contribution in [0.25, 0.3) is 0 Å². The quantitative estimate of drug-likeness (QED) is 0.846. The molecule has 3 rings (SSSR count). The van der Waals surface area contributed by atoms with E-state index in [1.165, 1.54) is 31.4 Å². The largest absolute Gasteiger partial charge is 0.493 e. The average Bonchev–Trinajstić information content (AvgIpc) is 3.05. The van der Waals surface area contributed by atoms with Crippen molar-refractivity contribution >= 4 is 0 Å². The van der Waals surface area contributed by atoms with Gasteiger partial charge in [0.25, 0.3) is 0 Å². The minimum Gasteiger partial charge on any atom is -0.493 e. The van der Waals surface area contributed by atoms with Gasteiger partial charge in [-0.3, -0.25) is 0 Å². The van der Waals surface area contributed by atoms with Crippen molar-refractivity contribution in [3.05, 3.63) is 17.7 Å². The monoisotopic (exact) mass is 277 g/mol. The normalized spacial score (nSPS) is 25.4. The highest BCUT2D eigenvalue weighted by Gasteiger charge is 2.31. The van der Waals surface area contributed by atoms with Gasteiger partial charge in [0.05, 0.1) is 20.8 Å². The molecule has 0 N–H and O–H groups in total. The third-order valence-electron chi connectivity index (χ3n) is 4.62. The van der Waals surface area contributed by atoms with Crippen LogP contribution in [0, 0.1) is 0 Å². The van der Waals surface area contributed by atoms with E-state index >= 15 is 0 Å². The van der Waals surface area contributed by atoms with Gasteiger partial charge in [0.15, 0.2) is 11.5 Å². The molecule has 2 heterocycles. The summed E-state index contributed by atoms with van der Waals surface area (Å²) in [5.74, 6) is 2.95. The van der Waals surface area contributed by atoms with Gasteiger partial charge >= 0.3 is 0 Å². The summed E-state index contributed by atoms with van der Waals surface area (Å²) in [7, 11) is 5.56. The molecule has 110 valence electrons. The molecule has 1 fully saturated rings. The Hall–Kier alpha value is -1.42. The molecule has 0 bridgehead atoms. The van der Waals surface area contributed by atoms with Crippen LogP contribution in [0.4, 0.5) is 0 Å². The van der Waals surface area contributed by atoms with Crippen LogP contribution in [0.3, 0.4) is 0 Å². The van der Waals surface area contributed by atoms with Gasteiger partial charge in [0, 0.05) is 23.6 Å². The first-order chi connectivity index (χ1) is 9.72. The number of hydrogen-bond donors (Lipinski definition) is 0. The standard InChI is InChI=1S/C16H23NO3/c1-17-6-4-5-12(17)7-11-10-20-14-9-16(19-3)15(18-2)8-13(11)14/h8-9,11-12H,4-7,10H2,1-3H3/t11?,12-/m1/s1. The Balaban J connectivity index is 1.82. The van der Waals surface area contributed by atoms with Crippen molar-refractivity contribution in [1.29, 1.82) is 0 Å². The second kappa shape index (κ2) is 5.52. The molecule has 2 aliphatic heterocycles. The fourth-order valence-electron chi connectivity index (χ4n) is 3.40. The Morgan fingerprint density at radius 2 is 2.00 bits per heavy atom. The third-order valence-corrected chi connectivity index (χ3v) is 4.62. The minimum atomic E-state index is 0.468. The summed E-state index contributed by atoms with van der Waals surface area (Å²) < 4.78 is 16.6. The predicted molar refractivity (Wildman–Crippen MR) is 78.1 cm³/mol. The fourth-order valence-corrected chi connectivity index (χ4v) is 3.40. The number of fused-ring (bicyclic) bond motifs is 1. The van der Waals surface area contributed by atoms with Crippen LogP contribution in [0.5, 0.6) is 17.2 Å². The number of ether oxygens (including phenoxy) is 3.